The van der Waals surface area contributed by atoms with Crippen molar-refractivity contribution in [1.29, 1.82) is 0 Å². The first-order chi connectivity index (χ1) is 8.31. The third-order valence-electron chi connectivity index (χ3n) is 3.48. The first-order valence-electron chi connectivity index (χ1n) is 6.63. The summed E-state index contributed by atoms with van der Waals surface area (Å²) in [5, 5.41) is 0. The predicted molar refractivity (Wildman–Crippen MR) is 68.6 cm³/mol. The molecule has 0 spiro atoms. The molecule has 0 saturated heterocycles. The molecule has 1 aliphatic rings. The zero-order chi connectivity index (χ0) is 12.1. The van der Waals surface area contributed by atoms with Gasteiger partial charge in [-0.1, -0.05) is 25.8 Å². The highest BCUT2D eigenvalue weighted by Gasteiger charge is 2.26. The van der Waals surface area contributed by atoms with E-state index in [-0.39, 0.29) is 12.1 Å². The summed E-state index contributed by atoms with van der Waals surface area (Å²) in [7, 11) is 0. The van der Waals surface area contributed by atoms with E-state index in [0.717, 1.165) is 12.1 Å². The first-order valence-corrected chi connectivity index (χ1v) is 6.63. The fraction of sp³-hybridized carbons (Fsp3) is 0.643. The van der Waals surface area contributed by atoms with Crippen molar-refractivity contribution < 1.29 is 4.74 Å². The minimum atomic E-state index is -0.0516. The monoisotopic (exact) mass is 234 g/mol. The molecule has 3 heteroatoms. The lowest BCUT2D eigenvalue weighted by Gasteiger charge is -2.26. The number of pyridine rings is 1. The Labute approximate surface area is 103 Å². The van der Waals surface area contributed by atoms with Crippen LogP contribution in [0.5, 0.6) is 0 Å². The van der Waals surface area contributed by atoms with Crippen molar-refractivity contribution in [3.8, 4) is 0 Å². The molecule has 0 bridgehead atoms. The molecule has 3 nitrogen and oxygen atoms in total. The van der Waals surface area contributed by atoms with Crippen LogP contribution >= 0.6 is 0 Å². The lowest BCUT2D eigenvalue weighted by molar-refractivity contribution is -0.0259. The lowest BCUT2D eigenvalue weighted by atomic mass is 10.1. The maximum absolute atomic E-state index is 6.16. The summed E-state index contributed by atoms with van der Waals surface area (Å²) >= 11 is 0. The number of aromatic nitrogens is 1. The molecule has 1 aliphatic carbocycles. The van der Waals surface area contributed by atoms with Crippen molar-refractivity contribution in [2.24, 2.45) is 5.73 Å². The fourth-order valence-corrected chi connectivity index (χ4v) is 2.38. The van der Waals surface area contributed by atoms with Gasteiger partial charge in [0.2, 0.25) is 0 Å². The van der Waals surface area contributed by atoms with Crippen molar-refractivity contribution >= 4 is 0 Å². The van der Waals surface area contributed by atoms with Gasteiger partial charge in [0.05, 0.1) is 11.8 Å². The number of rotatable bonds is 5. The van der Waals surface area contributed by atoms with Crippen molar-refractivity contribution in [3.05, 3.63) is 30.1 Å². The zero-order valence-electron chi connectivity index (χ0n) is 10.5. The molecule has 1 heterocycles. The molecule has 1 aromatic heterocycles. The average molecular weight is 234 g/mol. The van der Waals surface area contributed by atoms with Gasteiger partial charge in [-0.05, 0) is 31.4 Å². The second-order valence-electron chi connectivity index (χ2n) is 4.79. The number of nitrogens with two attached hydrogens (primary N) is 1. The smallest absolute Gasteiger partial charge is 0.115 e. The van der Waals surface area contributed by atoms with Crippen LogP contribution in [0.4, 0.5) is 0 Å². The summed E-state index contributed by atoms with van der Waals surface area (Å²) in [6.07, 6.45) is 7.93. The molecular formula is C14H22N2O. The molecule has 1 saturated carbocycles. The molecule has 94 valence electrons. The van der Waals surface area contributed by atoms with E-state index in [0.29, 0.717) is 6.10 Å². The molecule has 1 aromatic rings. The standard InChI is InChI=1S/C14H22N2O/c1-2-12(15)14(13-9-5-6-10-16-13)17-11-7-3-4-8-11/h5-6,9-12,14H,2-4,7-8,15H2,1H3. The Morgan fingerprint density at radius 1 is 1.41 bits per heavy atom. The van der Waals surface area contributed by atoms with E-state index >= 15 is 0 Å². The Kier molecular flexibility index (Phi) is 4.51. The molecule has 2 N–H and O–H groups in total. The van der Waals surface area contributed by atoms with Crippen LogP contribution in [0.25, 0.3) is 0 Å². The van der Waals surface area contributed by atoms with E-state index in [1.165, 1.54) is 25.7 Å². The molecule has 0 radical (unpaired) electrons. The third-order valence-corrected chi connectivity index (χ3v) is 3.48. The molecule has 2 rings (SSSR count). The van der Waals surface area contributed by atoms with E-state index < -0.39 is 0 Å². The molecular weight excluding hydrogens is 212 g/mol. The molecule has 17 heavy (non-hydrogen) atoms. The normalized spacial score (nSPS) is 20.4. The van der Waals surface area contributed by atoms with E-state index in [2.05, 4.69) is 11.9 Å². The van der Waals surface area contributed by atoms with Gasteiger partial charge in [-0.3, -0.25) is 4.98 Å². The topological polar surface area (TPSA) is 48.1 Å². The summed E-state index contributed by atoms with van der Waals surface area (Å²) < 4.78 is 6.16. The summed E-state index contributed by atoms with van der Waals surface area (Å²) in [6, 6.07) is 5.96. The van der Waals surface area contributed by atoms with Crippen molar-refractivity contribution in [3.63, 3.8) is 0 Å². The quantitative estimate of drug-likeness (QED) is 0.852. The SMILES string of the molecule is CCC(N)C(OC1CCCC1)c1ccccn1. The van der Waals surface area contributed by atoms with Crippen LogP contribution in [0.1, 0.15) is 50.8 Å². The maximum Gasteiger partial charge on any atom is 0.115 e. The van der Waals surface area contributed by atoms with Gasteiger partial charge in [0.1, 0.15) is 6.10 Å². The van der Waals surface area contributed by atoms with E-state index in [1.54, 1.807) is 0 Å². The minimum Gasteiger partial charge on any atom is -0.367 e. The Hall–Kier alpha value is -0.930. The summed E-state index contributed by atoms with van der Waals surface area (Å²) in [4.78, 5) is 4.39. The van der Waals surface area contributed by atoms with Crippen molar-refractivity contribution in [1.82, 2.24) is 4.98 Å². The second-order valence-corrected chi connectivity index (χ2v) is 4.79. The highest BCUT2D eigenvalue weighted by molar-refractivity contribution is 5.09. The van der Waals surface area contributed by atoms with Gasteiger partial charge in [0.25, 0.3) is 0 Å². The molecule has 2 atom stereocenters. The first kappa shape index (κ1) is 12.5. The second kappa shape index (κ2) is 6.12. The maximum atomic E-state index is 6.16. The van der Waals surface area contributed by atoms with Gasteiger partial charge in [-0.25, -0.2) is 0 Å². The van der Waals surface area contributed by atoms with Crippen LogP contribution in [-0.2, 0) is 4.74 Å². The van der Waals surface area contributed by atoms with Crippen LogP contribution in [0.15, 0.2) is 24.4 Å². The summed E-state index contributed by atoms with van der Waals surface area (Å²) in [6.45, 7) is 2.10. The minimum absolute atomic E-state index is 0.0329. The van der Waals surface area contributed by atoms with E-state index in [4.69, 9.17) is 10.5 Å². The van der Waals surface area contributed by atoms with Crippen molar-refractivity contribution in [2.45, 2.75) is 57.3 Å². The van der Waals surface area contributed by atoms with Crippen LogP contribution in [0, 0.1) is 0 Å². The van der Waals surface area contributed by atoms with Gasteiger partial charge in [-0.15, -0.1) is 0 Å². The largest absolute Gasteiger partial charge is 0.367 e. The van der Waals surface area contributed by atoms with Crippen LogP contribution in [0.3, 0.4) is 0 Å². The summed E-state index contributed by atoms with van der Waals surface area (Å²) in [5.74, 6) is 0. The Bertz CT molecular complexity index is 322. The number of nitrogens with zero attached hydrogens (tertiary/aromatic N) is 1. The zero-order valence-corrected chi connectivity index (χ0v) is 10.5. The van der Waals surface area contributed by atoms with Gasteiger partial charge >= 0.3 is 0 Å². The third kappa shape index (κ3) is 3.27. The summed E-state index contributed by atoms with van der Waals surface area (Å²) in [5.41, 5.74) is 7.13. The molecule has 0 aliphatic heterocycles. The number of hydrogen-bond acceptors (Lipinski definition) is 3. The van der Waals surface area contributed by atoms with E-state index in [1.807, 2.05) is 24.4 Å². The Morgan fingerprint density at radius 2 is 2.18 bits per heavy atom. The van der Waals surface area contributed by atoms with Crippen LogP contribution in [0.2, 0.25) is 0 Å². The molecule has 1 fully saturated rings. The van der Waals surface area contributed by atoms with Crippen LogP contribution in [-0.4, -0.2) is 17.1 Å². The highest BCUT2D eigenvalue weighted by Crippen LogP contribution is 2.29. The highest BCUT2D eigenvalue weighted by atomic mass is 16.5. The molecule has 0 aromatic carbocycles. The van der Waals surface area contributed by atoms with Crippen LogP contribution < -0.4 is 5.73 Å². The fourth-order valence-electron chi connectivity index (χ4n) is 2.38. The van der Waals surface area contributed by atoms with Gasteiger partial charge in [-0.2, -0.15) is 0 Å². The molecule has 0 amide bonds. The van der Waals surface area contributed by atoms with Gasteiger partial charge in [0, 0.05) is 12.2 Å². The lowest BCUT2D eigenvalue weighted by Crippen LogP contribution is -2.32. The Balaban J connectivity index is 2.07. The predicted octanol–water partition coefficient (Wildman–Crippen LogP) is 2.82. The number of hydrogen-bond donors (Lipinski definition) is 1. The average Bonchev–Trinajstić information content (AvgIpc) is 2.89. The van der Waals surface area contributed by atoms with Crippen molar-refractivity contribution in [2.75, 3.05) is 0 Å². The van der Waals surface area contributed by atoms with Gasteiger partial charge < -0.3 is 10.5 Å². The van der Waals surface area contributed by atoms with E-state index in [9.17, 15) is 0 Å². The number of ether oxygens (including phenoxy) is 1. The Morgan fingerprint density at radius 3 is 2.76 bits per heavy atom. The molecule has 2 unspecified atom stereocenters. The van der Waals surface area contributed by atoms with Gasteiger partial charge in [0.15, 0.2) is 0 Å².